The Labute approximate surface area is 161 Å². The van der Waals surface area contributed by atoms with Gasteiger partial charge in [-0.25, -0.2) is 0 Å². The van der Waals surface area contributed by atoms with Gasteiger partial charge in [-0.15, -0.1) is 0 Å². The van der Waals surface area contributed by atoms with Gasteiger partial charge in [0.05, 0.1) is 32.1 Å². The van der Waals surface area contributed by atoms with Crippen molar-refractivity contribution in [2.45, 2.75) is 20.0 Å². The van der Waals surface area contributed by atoms with Crippen LogP contribution >= 0.6 is 11.6 Å². The summed E-state index contributed by atoms with van der Waals surface area (Å²) >= 11 is 6.00. The minimum Gasteiger partial charge on any atom is -0.495 e. The Kier molecular flexibility index (Phi) is 8.15. The number of methoxy groups -OCH3 is 1. The first-order valence-corrected chi connectivity index (χ1v) is 9.41. The highest BCUT2D eigenvalue weighted by molar-refractivity contribution is 6.31. The summed E-state index contributed by atoms with van der Waals surface area (Å²) in [5.74, 6) is 1.12. The predicted octanol–water partition coefficient (Wildman–Crippen LogP) is 2.58. The van der Waals surface area contributed by atoms with Crippen molar-refractivity contribution in [3.8, 4) is 5.75 Å². The summed E-state index contributed by atoms with van der Waals surface area (Å²) < 4.78 is 11.1. The van der Waals surface area contributed by atoms with E-state index >= 15 is 0 Å². The van der Waals surface area contributed by atoms with E-state index in [0.717, 1.165) is 26.2 Å². The van der Waals surface area contributed by atoms with E-state index in [2.05, 4.69) is 24.1 Å². The number of carbonyl (C=O) groups is 1. The monoisotopic (exact) mass is 383 g/mol. The van der Waals surface area contributed by atoms with E-state index < -0.39 is 0 Å². The third kappa shape index (κ3) is 6.76. The standard InChI is InChI=1S/C19H30ClN3O3/c1-14(2)10-23-7-8-26-16(12-23)11-22(3)13-19(24)21-17-9-15(20)5-6-18(17)25-4/h5-6,9,14,16H,7-8,10-13H2,1-4H3,(H,21,24)/t16-/m1/s1. The van der Waals surface area contributed by atoms with E-state index in [0.29, 0.717) is 28.9 Å². The third-order valence-corrected chi connectivity index (χ3v) is 4.45. The molecule has 0 unspecified atom stereocenters. The molecule has 0 bridgehead atoms. The normalized spacial score (nSPS) is 18.3. The number of nitrogens with zero attached hydrogens (tertiary/aromatic N) is 2. The van der Waals surface area contributed by atoms with Gasteiger partial charge in [-0.2, -0.15) is 0 Å². The molecule has 1 N–H and O–H groups in total. The van der Waals surface area contributed by atoms with Gasteiger partial charge in [0.2, 0.25) is 5.91 Å². The fourth-order valence-corrected chi connectivity index (χ4v) is 3.37. The first-order valence-electron chi connectivity index (χ1n) is 9.03. The molecule has 0 aliphatic carbocycles. The predicted molar refractivity (Wildman–Crippen MR) is 105 cm³/mol. The largest absolute Gasteiger partial charge is 0.495 e. The van der Waals surface area contributed by atoms with E-state index in [1.165, 1.54) is 0 Å². The molecule has 1 aromatic carbocycles. The third-order valence-electron chi connectivity index (χ3n) is 4.21. The van der Waals surface area contributed by atoms with Crippen molar-refractivity contribution in [3.05, 3.63) is 23.2 Å². The number of rotatable bonds is 8. The minimum absolute atomic E-state index is 0.108. The van der Waals surface area contributed by atoms with E-state index in [9.17, 15) is 4.79 Å². The Bertz CT molecular complexity index is 597. The summed E-state index contributed by atoms with van der Waals surface area (Å²) in [6, 6.07) is 5.15. The number of benzene rings is 1. The molecule has 0 saturated carbocycles. The summed E-state index contributed by atoms with van der Waals surface area (Å²) in [4.78, 5) is 16.8. The van der Waals surface area contributed by atoms with Crippen LogP contribution in [0.15, 0.2) is 18.2 Å². The maximum atomic E-state index is 12.4. The Morgan fingerprint density at radius 3 is 2.96 bits per heavy atom. The van der Waals surface area contributed by atoms with Gasteiger partial charge in [0.1, 0.15) is 5.75 Å². The fraction of sp³-hybridized carbons (Fsp3) is 0.632. The molecule has 1 heterocycles. The smallest absolute Gasteiger partial charge is 0.238 e. The molecule has 0 spiro atoms. The molecule has 1 atom stereocenters. The highest BCUT2D eigenvalue weighted by atomic mass is 35.5. The van der Waals surface area contributed by atoms with Gasteiger partial charge >= 0.3 is 0 Å². The van der Waals surface area contributed by atoms with Crippen LogP contribution in [0.5, 0.6) is 5.75 Å². The van der Waals surface area contributed by atoms with Crippen LogP contribution < -0.4 is 10.1 Å². The van der Waals surface area contributed by atoms with Crippen molar-refractivity contribution in [1.29, 1.82) is 0 Å². The molecule has 1 fully saturated rings. The van der Waals surface area contributed by atoms with Crippen molar-refractivity contribution in [2.24, 2.45) is 5.92 Å². The van der Waals surface area contributed by atoms with Crippen LogP contribution in [-0.2, 0) is 9.53 Å². The van der Waals surface area contributed by atoms with Crippen molar-refractivity contribution in [3.63, 3.8) is 0 Å². The molecule has 1 aliphatic rings. The van der Waals surface area contributed by atoms with E-state index in [1.807, 2.05) is 11.9 Å². The molecular formula is C19H30ClN3O3. The molecule has 1 aliphatic heterocycles. The second-order valence-corrected chi connectivity index (χ2v) is 7.67. The van der Waals surface area contributed by atoms with E-state index in [-0.39, 0.29) is 18.6 Å². The maximum absolute atomic E-state index is 12.4. The van der Waals surface area contributed by atoms with Gasteiger partial charge in [-0.3, -0.25) is 14.6 Å². The number of carbonyl (C=O) groups excluding carboxylic acids is 1. The Morgan fingerprint density at radius 2 is 2.27 bits per heavy atom. The number of ether oxygens (including phenoxy) is 2. The number of halogens is 1. The Morgan fingerprint density at radius 1 is 1.50 bits per heavy atom. The number of hydrogen-bond acceptors (Lipinski definition) is 5. The SMILES string of the molecule is COc1ccc(Cl)cc1NC(=O)CN(C)C[C@@H]1CN(CC(C)C)CCO1. The average molecular weight is 384 g/mol. The molecule has 1 aromatic rings. The molecule has 0 aromatic heterocycles. The summed E-state index contributed by atoms with van der Waals surface area (Å²) in [6.07, 6.45) is 0.126. The first-order chi connectivity index (χ1) is 12.4. The number of amides is 1. The zero-order chi connectivity index (χ0) is 19.1. The number of anilines is 1. The quantitative estimate of drug-likeness (QED) is 0.747. The van der Waals surface area contributed by atoms with Gasteiger partial charge in [-0.05, 0) is 31.2 Å². The second kappa shape index (κ2) is 10.1. The van der Waals surface area contributed by atoms with Gasteiger partial charge < -0.3 is 14.8 Å². The Balaban J connectivity index is 1.82. The lowest BCUT2D eigenvalue weighted by molar-refractivity contribution is -0.117. The highest BCUT2D eigenvalue weighted by Crippen LogP contribution is 2.27. The van der Waals surface area contributed by atoms with Crippen LogP contribution in [0.3, 0.4) is 0 Å². The number of hydrogen-bond donors (Lipinski definition) is 1. The fourth-order valence-electron chi connectivity index (χ4n) is 3.20. The second-order valence-electron chi connectivity index (χ2n) is 7.24. The molecule has 7 heteroatoms. The number of nitrogens with one attached hydrogen (secondary N) is 1. The van der Waals surface area contributed by atoms with Crippen molar-refractivity contribution < 1.29 is 14.3 Å². The van der Waals surface area contributed by atoms with Crippen LogP contribution in [0, 0.1) is 5.92 Å². The van der Waals surface area contributed by atoms with Gasteiger partial charge in [0.25, 0.3) is 0 Å². The molecule has 2 rings (SSSR count). The molecule has 6 nitrogen and oxygen atoms in total. The first kappa shape index (κ1) is 21.0. The number of likely N-dealkylation sites (N-methyl/N-ethyl adjacent to an activating group) is 1. The lowest BCUT2D eigenvalue weighted by Crippen LogP contribution is -2.48. The summed E-state index contributed by atoms with van der Waals surface area (Å²) in [6.45, 7) is 9.17. The van der Waals surface area contributed by atoms with Gasteiger partial charge in [0, 0.05) is 31.2 Å². The van der Waals surface area contributed by atoms with Gasteiger partial charge in [0.15, 0.2) is 0 Å². The molecule has 1 saturated heterocycles. The molecule has 26 heavy (non-hydrogen) atoms. The average Bonchev–Trinajstić information content (AvgIpc) is 2.54. The molecular weight excluding hydrogens is 354 g/mol. The summed E-state index contributed by atoms with van der Waals surface area (Å²) in [5.41, 5.74) is 0.579. The van der Waals surface area contributed by atoms with Crippen LogP contribution in [0.4, 0.5) is 5.69 Å². The minimum atomic E-state index is -0.108. The van der Waals surface area contributed by atoms with Crippen molar-refractivity contribution >= 4 is 23.2 Å². The zero-order valence-electron chi connectivity index (χ0n) is 16.1. The Hall–Kier alpha value is -1.34. The topological polar surface area (TPSA) is 54.0 Å². The lowest BCUT2D eigenvalue weighted by atomic mass is 10.1. The molecule has 0 radical (unpaired) electrons. The van der Waals surface area contributed by atoms with E-state index in [4.69, 9.17) is 21.1 Å². The van der Waals surface area contributed by atoms with Crippen molar-refractivity contribution in [1.82, 2.24) is 9.80 Å². The van der Waals surface area contributed by atoms with E-state index in [1.54, 1.807) is 25.3 Å². The van der Waals surface area contributed by atoms with Crippen LogP contribution in [0.25, 0.3) is 0 Å². The number of morpholine rings is 1. The molecule has 1 amide bonds. The van der Waals surface area contributed by atoms with Gasteiger partial charge in [-0.1, -0.05) is 25.4 Å². The van der Waals surface area contributed by atoms with Crippen LogP contribution in [0.2, 0.25) is 5.02 Å². The highest BCUT2D eigenvalue weighted by Gasteiger charge is 2.23. The summed E-state index contributed by atoms with van der Waals surface area (Å²) in [7, 11) is 3.49. The lowest BCUT2D eigenvalue weighted by Gasteiger charge is -2.35. The van der Waals surface area contributed by atoms with Crippen LogP contribution in [-0.4, -0.2) is 75.3 Å². The van der Waals surface area contributed by atoms with Crippen molar-refractivity contribution in [2.75, 3.05) is 58.8 Å². The van der Waals surface area contributed by atoms with Crippen LogP contribution in [0.1, 0.15) is 13.8 Å². The molecule has 146 valence electrons. The zero-order valence-corrected chi connectivity index (χ0v) is 16.9. The maximum Gasteiger partial charge on any atom is 0.238 e. The summed E-state index contributed by atoms with van der Waals surface area (Å²) in [5, 5.41) is 3.42.